The number of hydrogen-bond donors (Lipinski definition) is 1. The predicted molar refractivity (Wildman–Crippen MR) is 71.7 cm³/mol. The summed E-state index contributed by atoms with van der Waals surface area (Å²) in [6.45, 7) is 10.6. The lowest BCUT2D eigenvalue weighted by Crippen LogP contribution is -2.13. The Hall–Kier alpha value is -0.830. The van der Waals surface area contributed by atoms with Gasteiger partial charge in [0.2, 0.25) is 0 Å². The van der Waals surface area contributed by atoms with Crippen molar-refractivity contribution in [2.75, 3.05) is 5.32 Å². The van der Waals surface area contributed by atoms with Crippen LogP contribution in [-0.2, 0) is 0 Å². The Balaban J connectivity index is 2.26. The van der Waals surface area contributed by atoms with Crippen LogP contribution in [0.25, 0.3) is 0 Å². The van der Waals surface area contributed by atoms with Gasteiger partial charge in [-0.3, -0.25) is 0 Å². The first-order valence-corrected chi connectivity index (χ1v) is 6.49. The molecule has 4 heteroatoms. The summed E-state index contributed by atoms with van der Waals surface area (Å²) in [4.78, 5) is 8.88. The third-order valence-corrected chi connectivity index (χ3v) is 3.81. The molecule has 1 fully saturated rings. The van der Waals surface area contributed by atoms with Crippen molar-refractivity contribution in [2.24, 2.45) is 5.41 Å². The Morgan fingerprint density at radius 3 is 2.41 bits per heavy atom. The number of aromatic nitrogens is 2. The molecule has 17 heavy (non-hydrogen) atoms. The maximum atomic E-state index is 6.15. The van der Waals surface area contributed by atoms with E-state index in [2.05, 4.69) is 43.0 Å². The molecular formula is C13H20ClN3. The highest BCUT2D eigenvalue weighted by atomic mass is 35.5. The molecule has 0 bridgehead atoms. The molecule has 0 spiro atoms. The molecule has 1 aromatic heterocycles. The van der Waals surface area contributed by atoms with E-state index in [-0.39, 0.29) is 0 Å². The standard InChI is InChI=1S/C13H20ClN3/c1-7(2)11-16-10(14)8(3)12(17-11)15-9-6-13(9,4)5/h7,9H,6H2,1-5H3,(H,15,16,17). The summed E-state index contributed by atoms with van der Waals surface area (Å²) in [5.41, 5.74) is 1.32. The maximum Gasteiger partial charge on any atom is 0.137 e. The Bertz CT molecular complexity index is 441. The molecule has 1 saturated carbocycles. The van der Waals surface area contributed by atoms with Crippen LogP contribution in [0.3, 0.4) is 0 Å². The van der Waals surface area contributed by atoms with Gasteiger partial charge < -0.3 is 5.32 Å². The summed E-state index contributed by atoms with van der Waals surface area (Å²) < 4.78 is 0. The average molecular weight is 254 g/mol. The summed E-state index contributed by atoms with van der Waals surface area (Å²) in [5, 5.41) is 4.03. The van der Waals surface area contributed by atoms with Crippen LogP contribution >= 0.6 is 11.6 Å². The van der Waals surface area contributed by atoms with Gasteiger partial charge in [0.25, 0.3) is 0 Å². The van der Waals surface area contributed by atoms with Crippen LogP contribution in [0.5, 0.6) is 0 Å². The largest absolute Gasteiger partial charge is 0.366 e. The molecule has 0 aliphatic heterocycles. The van der Waals surface area contributed by atoms with E-state index in [1.807, 2.05) is 6.92 Å². The second kappa shape index (κ2) is 4.13. The fraction of sp³-hybridized carbons (Fsp3) is 0.692. The van der Waals surface area contributed by atoms with E-state index in [1.165, 1.54) is 6.42 Å². The number of rotatable bonds is 3. The molecule has 1 N–H and O–H groups in total. The van der Waals surface area contributed by atoms with Gasteiger partial charge in [0.15, 0.2) is 0 Å². The summed E-state index contributed by atoms with van der Waals surface area (Å²) in [6, 6.07) is 0.507. The van der Waals surface area contributed by atoms with Crippen LogP contribution in [-0.4, -0.2) is 16.0 Å². The zero-order valence-electron chi connectivity index (χ0n) is 11.1. The molecule has 1 aromatic rings. The third kappa shape index (κ3) is 2.54. The molecule has 0 amide bonds. The minimum Gasteiger partial charge on any atom is -0.366 e. The molecule has 94 valence electrons. The van der Waals surface area contributed by atoms with E-state index in [1.54, 1.807) is 0 Å². The molecule has 0 saturated heterocycles. The van der Waals surface area contributed by atoms with Gasteiger partial charge in [0.1, 0.15) is 16.8 Å². The lowest BCUT2D eigenvalue weighted by molar-refractivity contribution is 0.629. The predicted octanol–water partition coefficient (Wildman–Crippen LogP) is 3.77. The fourth-order valence-electron chi connectivity index (χ4n) is 1.78. The zero-order chi connectivity index (χ0) is 12.8. The normalized spacial score (nSPS) is 21.7. The minimum atomic E-state index is 0.292. The quantitative estimate of drug-likeness (QED) is 0.834. The Labute approximate surface area is 108 Å². The molecule has 1 atom stereocenters. The van der Waals surface area contributed by atoms with Crippen molar-refractivity contribution in [3.8, 4) is 0 Å². The van der Waals surface area contributed by atoms with Crippen LogP contribution in [0.4, 0.5) is 5.82 Å². The van der Waals surface area contributed by atoms with Gasteiger partial charge in [0.05, 0.1) is 0 Å². The first kappa shape index (κ1) is 12.6. The number of nitrogens with one attached hydrogen (secondary N) is 1. The smallest absolute Gasteiger partial charge is 0.137 e. The lowest BCUT2D eigenvalue weighted by atomic mass is 10.2. The van der Waals surface area contributed by atoms with Gasteiger partial charge in [0, 0.05) is 17.5 Å². The van der Waals surface area contributed by atoms with Gasteiger partial charge in [-0.2, -0.15) is 0 Å². The van der Waals surface area contributed by atoms with E-state index in [0.717, 1.165) is 17.2 Å². The van der Waals surface area contributed by atoms with E-state index < -0.39 is 0 Å². The highest BCUT2D eigenvalue weighted by Gasteiger charge is 2.46. The summed E-state index contributed by atoms with van der Waals surface area (Å²) in [7, 11) is 0. The van der Waals surface area contributed by atoms with Crippen LogP contribution in [0, 0.1) is 12.3 Å². The van der Waals surface area contributed by atoms with Gasteiger partial charge in [-0.15, -0.1) is 0 Å². The molecule has 2 rings (SSSR count). The highest BCUT2D eigenvalue weighted by molar-refractivity contribution is 6.30. The number of anilines is 1. The molecule has 0 radical (unpaired) electrons. The van der Waals surface area contributed by atoms with Crippen molar-refractivity contribution < 1.29 is 0 Å². The Kier molecular flexibility index (Phi) is 3.06. The van der Waals surface area contributed by atoms with Gasteiger partial charge in [-0.1, -0.05) is 39.3 Å². The van der Waals surface area contributed by atoms with Crippen molar-refractivity contribution in [1.82, 2.24) is 9.97 Å². The second-order valence-electron chi connectivity index (χ2n) is 5.89. The van der Waals surface area contributed by atoms with E-state index in [9.17, 15) is 0 Å². The summed E-state index contributed by atoms with van der Waals surface area (Å²) in [5.74, 6) is 1.99. The van der Waals surface area contributed by atoms with E-state index >= 15 is 0 Å². The monoisotopic (exact) mass is 253 g/mol. The van der Waals surface area contributed by atoms with Gasteiger partial charge >= 0.3 is 0 Å². The highest BCUT2D eigenvalue weighted by Crippen LogP contribution is 2.46. The van der Waals surface area contributed by atoms with Crippen molar-refractivity contribution in [2.45, 2.75) is 53.0 Å². The van der Waals surface area contributed by atoms with Crippen molar-refractivity contribution >= 4 is 17.4 Å². The number of halogens is 1. The van der Waals surface area contributed by atoms with E-state index in [4.69, 9.17) is 11.6 Å². The second-order valence-corrected chi connectivity index (χ2v) is 6.25. The van der Waals surface area contributed by atoms with Crippen molar-refractivity contribution in [3.63, 3.8) is 0 Å². The summed E-state index contributed by atoms with van der Waals surface area (Å²) in [6.07, 6.45) is 1.19. The molecular weight excluding hydrogens is 234 g/mol. The SMILES string of the molecule is Cc1c(Cl)nc(C(C)C)nc1NC1CC1(C)C. The Morgan fingerprint density at radius 1 is 1.35 bits per heavy atom. The first-order valence-electron chi connectivity index (χ1n) is 6.12. The van der Waals surface area contributed by atoms with Crippen molar-refractivity contribution in [3.05, 3.63) is 16.5 Å². The lowest BCUT2D eigenvalue weighted by Gasteiger charge is -2.13. The third-order valence-electron chi connectivity index (χ3n) is 3.44. The zero-order valence-corrected chi connectivity index (χ0v) is 11.9. The van der Waals surface area contributed by atoms with Gasteiger partial charge in [-0.25, -0.2) is 9.97 Å². The maximum absolute atomic E-state index is 6.15. The number of hydrogen-bond acceptors (Lipinski definition) is 3. The minimum absolute atomic E-state index is 0.292. The first-order chi connectivity index (χ1) is 7.81. The molecule has 0 aromatic carbocycles. The van der Waals surface area contributed by atoms with Crippen LogP contribution in [0.1, 0.15) is 51.4 Å². The molecule has 1 heterocycles. The van der Waals surface area contributed by atoms with Crippen molar-refractivity contribution in [1.29, 1.82) is 0 Å². The topological polar surface area (TPSA) is 37.8 Å². The van der Waals surface area contributed by atoms with Crippen LogP contribution in [0.2, 0.25) is 5.15 Å². The Morgan fingerprint density at radius 2 is 1.94 bits per heavy atom. The average Bonchev–Trinajstić information content (AvgIpc) is 2.80. The van der Waals surface area contributed by atoms with Crippen LogP contribution < -0.4 is 5.32 Å². The fourth-order valence-corrected chi connectivity index (χ4v) is 1.96. The van der Waals surface area contributed by atoms with Crippen LogP contribution in [0.15, 0.2) is 0 Å². The molecule has 1 aliphatic rings. The van der Waals surface area contributed by atoms with E-state index in [0.29, 0.717) is 22.5 Å². The molecule has 1 unspecified atom stereocenters. The molecule has 3 nitrogen and oxygen atoms in total. The molecule has 1 aliphatic carbocycles. The summed E-state index contributed by atoms with van der Waals surface area (Å²) >= 11 is 6.15. The number of nitrogens with zero attached hydrogens (tertiary/aromatic N) is 2. The van der Waals surface area contributed by atoms with Gasteiger partial charge in [-0.05, 0) is 18.8 Å².